The maximum Gasteiger partial charge on any atom is 0.148 e. The lowest BCUT2D eigenvalue weighted by Crippen LogP contribution is -2.10. The van der Waals surface area contributed by atoms with E-state index < -0.39 is 0 Å². The molecule has 2 radical (unpaired) electrons. The molecule has 0 N–H and O–H groups in total. The molecule has 0 aliphatic rings. The number of rotatable bonds is 2. The SMILES string of the molecule is C[B]c1ccc2c(ccc3cc([B]C)ccc32)c1. The van der Waals surface area contributed by atoms with Gasteiger partial charge in [-0.3, -0.25) is 0 Å². The largest absolute Gasteiger partial charge is 0.148 e. The molecule has 0 unspecified atom stereocenters. The highest BCUT2D eigenvalue weighted by Gasteiger charge is 2.02. The molecule has 0 fully saturated rings. The van der Waals surface area contributed by atoms with Crippen molar-refractivity contribution in [1.82, 2.24) is 0 Å². The van der Waals surface area contributed by atoms with Gasteiger partial charge < -0.3 is 0 Å². The summed E-state index contributed by atoms with van der Waals surface area (Å²) in [6, 6.07) is 17.7. The van der Waals surface area contributed by atoms with Gasteiger partial charge in [-0.25, -0.2) is 0 Å². The van der Waals surface area contributed by atoms with E-state index in [1.54, 1.807) is 0 Å². The molecule has 0 aromatic heterocycles. The molecule has 3 aromatic rings. The molecule has 0 aliphatic carbocycles. The quantitative estimate of drug-likeness (QED) is 0.467. The van der Waals surface area contributed by atoms with Gasteiger partial charge in [0.2, 0.25) is 0 Å². The highest BCUT2D eigenvalue weighted by molar-refractivity contribution is 6.53. The molecule has 0 bridgehead atoms. The topological polar surface area (TPSA) is 0 Å². The van der Waals surface area contributed by atoms with E-state index in [4.69, 9.17) is 0 Å². The Hall–Kier alpha value is -1.69. The maximum atomic E-state index is 2.24. The van der Waals surface area contributed by atoms with Crippen LogP contribution in [0.4, 0.5) is 0 Å². The Morgan fingerprint density at radius 2 is 1.06 bits per heavy atom. The molecule has 0 atom stereocenters. The third-order valence-corrected chi connectivity index (χ3v) is 3.55. The highest BCUT2D eigenvalue weighted by atomic mass is 14.0. The standard InChI is InChI=1S/C16H14B2/c1-17-13-5-7-15-11(9-13)3-4-12-10-14(18-2)6-8-16(12)15/h3-10H,1-2H3. The first-order valence-corrected chi connectivity index (χ1v) is 6.37. The van der Waals surface area contributed by atoms with Crippen molar-refractivity contribution in [3.8, 4) is 0 Å². The molecule has 0 amide bonds. The van der Waals surface area contributed by atoms with Crippen molar-refractivity contribution < 1.29 is 0 Å². The van der Waals surface area contributed by atoms with Gasteiger partial charge in [0.1, 0.15) is 14.6 Å². The van der Waals surface area contributed by atoms with Crippen LogP contribution in [0.5, 0.6) is 0 Å². The minimum Gasteiger partial charge on any atom is -0.0875 e. The lowest BCUT2D eigenvalue weighted by atomic mass is 9.72. The van der Waals surface area contributed by atoms with Gasteiger partial charge in [0.15, 0.2) is 0 Å². The van der Waals surface area contributed by atoms with E-state index in [0.29, 0.717) is 0 Å². The van der Waals surface area contributed by atoms with Crippen molar-refractivity contribution in [2.75, 3.05) is 0 Å². The first-order valence-electron chi connectivity index (χ1n) is 6.37. The van der Waals surface area contributed by atoms with Crippen LogP contribution < -0.4 is 10.9 Å². The summed E-state index contributed by atoms with van der Waals surface area (Å²) in [5.41, 5.74) is 2.56. The zero-order valence-corrected chi connectivity index (χ0v) is 10.8. The van der Waals surface area contributed by atoms with Gasteiger partial charge in [-0.15, -0.1) is 0 Å². The molecule has 3 aromatic carbocycles. The van der Waals surface area contributed by atoms with Crippen LogP contribution in [-0.4, -0.2) is 14.6 Å². The predicted octanol–water partition coefficient (Wildman–Crippen LogP) is 2.75. The number of fused-ring (bicyclic) bond motifs is 3. The van der Waals surface area contributed by atoms with Crippen LogP contribution in [-0.2, 0) is 0 Å². The summed E-state index contributed by atoms with van der Waals surface area (Å²) in [4.78, 5) is 0. The summed E-state index contributed by atoms with van der Waals surface area (Å²) in [5, 5.41) is 5.29. The summed E-state index contributed by atoms with van der Waals surface area (Å²) in [6.07, 6.45) is 0. The Bertz CT molecular complexity index is 654. The minimum atomic E-state index is 1.28. The lowest BCUT2D eigenvalue weighted by molar-refractivity contribution is 1.81. The van der Waals surface area contributed by atoms with Crippen LogP contribution in [0.1, 0.15) is 0 Å². The van der Waals surface area contributed by atoms with E-state index in [1.165, 1.54) is 32.5 Å². The molecule has 84 valence electrons. The van der Waals surface area contributed by atoms with Crippen LogP contribution in [0, 0.1) is 0 Å². The zero-order valence-electron chi connectivity index (χ0n) is 10.8. The Kier molecular flexibility index (Phi) is 2.87. The molecule has 0 heterocycles. The maximum absolute atomic E-state index is 2.24. The fourth-order valence-corrected chi connectivity index (χ4v) is 2.47. The van der Waals surface area contributed by atoms with Crippen molar-refractivity contribution in [1.29, 1.82) is 0 Å². The number of hydrogen-bond donors (Lipinski definition) is 0. The van der Waals surface area contributed by atoms with Crippen molar-refractivity contribution in [2.24, 2.45) is 0 Å². The average molecular weight is 228 g/mol. The smallest absolute Gasteiger partial charge is 0.0875 e. The van der Waals surface area contributed by atoms with Gasteiger partial charge in [0.05, 0.1) is 0 Å². The second-order valence-corrected chi connectivity index (χ2v) is 4.60. The first-order chi connectivity index (χ1) is 8.81. The van der Waals surface area contributed by atoms with Crippen molar-refractivity contribution in [2.45, 2.75) is 13.6 Å². The fourth-order valence-electron chi connectivity index (χ4n) is 2.47. The Labute approximate surface area is 109 Å². The average Bonchev–Trinajstić information content (AvgIpc) is 2.45. The molecule has 0 nitrogen and oxygen atoms in total. The molecule has 0 spiro atoms. The molecule has 0 aliphatic heterocycles. The van der Waals surface area contributed by atoms with E-state index >= 15 is 0 Å². The van der Waals surface area contributed by atoms with Crippen LogP contribution in [0.25, 0.3) is 21.5 Å². The third kappa shape index (κ3) is 1.82. The highest BCUT2D eigenvalue weighted by Crippen LogP contribution is 2.23. The summed E-state index contributed by atoms with van der Waals surface area (Å²) in [7, 11) is 4.28. The van der Waals surface area contributed by atoms with Gasteiger partial charge in [-0.1, -0.05) is 73.1 Å². The van der Waals surface area contributed by atoms with E-state index in [9.17, 15) is 0 Å². The van der Waals surface area contributed by atoms with Gasteiger partial charge in [0.25, 0.3) is 0 Å². The third-order valence-electron chi connectivity index (χ3n) is 3.55. The summed E-state index contributed by atoms with van der Waals surface area (Å²) < 4.78 is 0. The van der Waals surface area contributed by atoms with E-state index in [-0.39, 0.29) is 0 Å². The van der Waals surface area contributed by atoms with E-state index in [0.717, 1.165) is 0 Å². The van der Waals surface area contributed by atoms with Gasteiger partial charge in [-0.2, -0.15) is 0 Å². The Balaban J connectivity index is 2.32. The number of benzene rings is 3. The van der Waals surface area contributed by atoms with Gasteiger partial charge in [0, 0.05) is 0 Å². The first kappa shape index (κ1) is 11.4. The van der Waals surface area contributed by atoms with Gasteiger partial charge >= 0.3 is 0 Å². The molecular formula is C16H14B2. The molecule has 0 saturated heterocycles. The fraction of sp³-hybridized carbons (Fsp3) is 0.125. The lowest BCUT2D eigenvalue weighted by Gasteiger charge is -2.07. The van der Waals surface area contributed by atoms with Crippen LogP contribution >= 0.6 is 0 Å². The summed E-state index contributed by atoms with van der Waals surface area (Å²) in [6.45, 7) is 4.15. The monoisotopic (exact) mass is 228 g/mol. The van der Waals surface area contributed by atoms with Crippen LogP contribution in [0.3, 0.4) is 0 Å². The second kappa shape index (κ2) is 4.53. The zero-order chi connectivity index (χ0) is 12.5. The predicted molar refractivity (Wildman–Crippen MR) is 84.0 cm³/mol. The van der Waals surface area contributed by atoms with Crippen LogP contribution in [0.15, 0.2) is 48.5 Å². The number of hydrogen-bond acceptors (Lipinski definition) is 0. The second-order valence-electron chi connectivity index (χ2n) is 4.60. The molecule has 18 heavy (non-hydrogen) atoms. The Morgan fingerprint density at radius 1 is 0.611 bits per heavy atom. The molecule has 2 heteroatoms. The summed E-state index contributed by atoms with van der Waals surface area (Å²) >= 11 is 0. The van der Waals surface area contributed by atoms with Crippen molar-refractivity contribution in [3.05, 3.63) is 48.5 Å². The Morgan fingerprint density at radius 3 is 1.44 bits per heavy atom. The minimum absolute atomic E-state index is 1.28. The van der Waals surface area contributed by atoms with Crippen LogP contribution in [0.2, 0.25) is 13.6 Å². The molecule has 3 rings (SSSR count). The van der Waals surface area contributed by atoms with Crippen molar-refractivity contribution in [3.63, 3.8) is 0 Å². The summed E-state index contributed by atoms with van der Waals surface area (Å²) in [5.74, 6) is 0. The molecule has 0 saturated carbocycles. The van der Waals surface area contributed by atoms with Gasteiger partial charge in [-0.05, 0) is 21.5 Å². The van der Waals surface area contributed by atoms with E-state index in [2.05, 4.69) is 76.7 Å². The normalized spacial score (nSPS) is 10.8. The molecular weight excluding hydrogens is 214 g/mol. The van der Waals surface area contributed by atoms with Crippen molar-refractivity contribution >= 4 is 47.0 Å². The van der Waals surface area contributed by atoms with E-state index in [1.807, 2.05) is 0 Å².